The minimum absolute atomic E-state index is 0.189. The van der Waals surface area contributed by atoms with Gasteiger partial charge >= 0.3 is 0 Å². The van der Waals surface area contributed by atoms with Gasteiger partial charge in [0.2, 0.25) is 0 Å². The summed E-state index contributed by atoms with van der Waals surface area (Å²) in [6.45, 7) is 0. The third-order valence-corrected chi connectivity index (χ3v) is 3.57. The molecule has 1 fully saturated rings. The highest BCUT2D eigenvalue weighted by Crippen LogP contribution is 2.34. The van der Waals surface area contributed by atoms with E-state index in [2.05, 4.69) is 10.1 Å². The van der Waals surface area contributed by atoms with E-state index in [4.69, 9.17) is 5.73 Å². The zero-order chi connectivity index (χ0) is 11.0. The van der Waals surface area contributed by atoms with Crippen LogP contribution in [0.3, 0.4) is 0 Å². The fourth-order valence-corrected chi connectivity index (χ4v) is 2.54. The first-order chi connectivity index (χ1) is 7.78. The summed E-state index contributed by atoms with van der Waals surface area (Å²) in [6, 6.07) is 1.90. The van der Waals surface area contributed by atoms with Gasteiger partial charge in [0.1, 0.15) is 0 Å². The van der Waals surface area contributed by atoms with E-state index in [1.165, 1.54) is 19.3 Å². The van der Waals surface area contributed by atoms with E-state index in [1.807, 2.05) is 18.5 Å². The molecule has 1 aliphatic carbocycles. The molecule has 2 aromatic heterocycles. The van der Waals surface area contributed by atoms with Crippen LogP contribution in [-0.4, -0.2) is 14.6 Å². The summed E-state index contributed by atoms with van der Waals surface area (Å²) in [6.07, 6.45) is 11.5. The predicted octanol–water partition coefficient (Wildman–Crippen LogP) is 1.85. The molecule has 1 aliphatic rings. The average Bonchev–Trinajstić information content (AvgIpc) is 2.77. The normalized spacial score (nSPS) is 20.1. The van der Waals surface area contributed by atoms with Gasteiger partial charge in [0.25, 0.3) is 0 Å². The van der Waals surface area contributed by atoms with Gasteiger partial charge in [0.15, 0.2) is 5.65 Å². The van der Waals surface area contributed by atoms with E-state index in [1.54, 1.807) is 10.7 Å². The Bertz CT molecular complexity index is 496. The monoisotopic (exact) mass is 216 g/mol. The van der Waals surface area contributed by atoms with Gasteiger partial charge in [-0.2, -0.15) is 5.10 Å². The third-order valence-electron chi connectivity index (χ3n) is 3.57. The number of nitrogens with zero attached hydrogens (tertiary/aromatic N) is 3. The molecule has 4 nitrogen and oxygen atoms in total. The van der Waals surface area contributed by atoms with Gasteiger partial charge in [-0.15, -0.1) is 0 Å². The fraction of sp³-hybridized carbons (Fsp3) is 0.500. The number of hydrogen-bond acceptors (Lipinski definition) is 3. The van der Waals surface area contributed by atoms with Crippen molar-refractivity contribution in [3.63, 3.8) is 0 Å². The van der Waals surface area contributed by atoms with E-state index >= 15 is 0 Å². The molecule has 0 aromatic carbocycles. The van der Waals surface area contributed by atoms with Crippen molar-refractivity contribution in [3.8, 4) is 0 Å². The standard InChI is InChI=1S/C12H16N4/c13-12(5-2-1-3-6-12)10-8-14-11-4-7-15-16(11)9-10/h4,7-9H,1-3,5-6,13H2. The molecule has 2 aromatic rings. The molecule has 0 amide bonds. The van der Waals surface area contributed by atoms with Crippen LogP contribution in [0.15, 0.2) is 24.7 Å². The first kappa shape index (κ1) is 9.78. The quantitative estimate of drug-likeness (QED) is 0.791. The number of nitrogens with two attached hydrogens (primary N) is 1. The largest absolute Gasteiger partial charge is 0.321 e. The van der Waals surface area contributed by atoms with Crippen LogP contribution in [0.25, 0.3) is 5.65 Å². The average molecular weight is 216 g/mol. The lowest BCUT2D eigenvalue weighted by atomic mass is 9.78. The van der Waals surface area contributed by atoms with Gasteiger partial charge in [0.05, 0.1) is 6.20 Å². The Morgan fingerprint density at radius 1 is 1.25 bits per heavy atom. The zero-order valence-electron chi connectivity index (χ0n) is 9.26. The highest BCUT2D eigenvalue weighted by Gasteiger charge is 2.30. The van der Waals surface area contributed by atoms with Gasteiger partial charge in [-0.25, -0.2) is 9.50 Å². The number of aromatic nitrogens is 3. The molecule has 1 saturated carbocycles. The lowest BCUT2D eigenvalue weighted by Crippen LogP contribution is -2.38. The second-order valence-corrected chi connectivity index (χ2v) is 4.69. The fourth-order valence-electron chi connectivity index (χ4n) is 2.54. The zero-order valence-corrected chi connectivity index (χ0v) is 9.26. The topological polar surface area (TPSA) is 56.2 Å². The molecule has 0 atom stereocenters. The van der Waals surface area contributed by atoms with Gasteiger partial charge in [0, 0.05) is 29.6 Å². The van der Waals surface area contributed by atoms with Crippen molar-refractivity contribution in [2.24, 2.45) is 5.73 Å². The minimum Gasteiger partial charge on any atom is -0.321 e. The summed E-state index contributed by atoms with van der Waals surface area (Å²) in [5.74, 6) is 0. The van der Waals surface area contributed by atoms with E-state index in [0.29, 0.717) is 0 Å². The van der Waals surface area contributed by atoms with E-state index in [0.717, 1.165) is 24.1 Å². The smallest absolute Gasteiger partial charge is 0.154 e. The Labute approximate surface area is 94.5 Å². The molecule has 0 bridgehead atoms. The maximum atomic E-state index is 6.46. The van der Waals surface area contributed by atoms with Crippen LogP contribution >= 0.6 is 0 Å². The Hall–Kier alpha value is -1.42. The van der Waals surface area contributed by atoms with Crippen LogP contribution in [0.2, 0.25) is 0 Å². The van der Waals surface area contributed by atoms with E-state index in [-0.39, 0.29) is 5.54 Å². The summed E-state index contributed by atoms with van der Waals surface area (Å²) >= 11 is 0. The number of hydrogen-bond donors (Lipinski definition) is 1. The highest BCUT2D eigenvalue weighted by atomic mass is 15.2. The molecule has 0 saturated heterocycles. The summed E-state index contributed by atoms with van der Waals surface area (Å²) < 4.78 is 1.80. The Morgan fingerprint density at radius 3 is 2.88 bits per heavy atom. The number of rotatable bonds is 1. The van der Waals surface area contributed by atoms with Crippen molar-refractivity contribution in [1.82, 2.24) is 14.6 Å². The van der Waals surface area contributed by atoms with Crippen LogP contribution in [-0.2, 0) is 5.54 Å². The molecule has 0 radical (unpaired) electrons. The molecule has 4 heteroatoms. The van der Waals surface area contributed by atoms with Crippen LogP contribution in [0.5, 0.6) is 0 Å². The second-order valence-electron chi connectivity index (χ2n) is 4.69. The van der Waals surface area contributed by atoms with Crippen molar-refractivity contribution in [2.75, 3.05) is 0 Å². The SMILES string of the molecule is NC1(c2cnc3ccnn3c2)CCCCC1. The van der Waals surface area contributed by atoms with Crippen molar-refractivity contribution in [1.29, 1.82) is 0 Å². The lowest BCUT2D eigenvalue weighted by molar-refractivity contribution is 0.300. The second kappa shape index (κ2) is 3.56. The van der Waals surface area contributed by atoms with Gasteiger partial charge < -0.3 is 5.73 Å². The van der Waals surface area contributed by atoms with Crippen molar-refractivity contribution >= 4 is 5.65 Å². The summed E-state index contributed by atoms with van der Waals surface area (Å²) in [5.41, 5.74) is 8.26. The number of fused-ring (bicyclic) bond motifs is 1. The highest BCUT2D eigenvalue weighted by molar-refractivity contribution is 5.37. The molecule has 16 heavy (non-hydrogen) atoms. The summed E-state index contributed by atoms with van der Waals surface area (Å²) in [4.78, 5) is 4.38. The molecule has 2 N–H and O–H groups in total. The lowest BCUT2D eigenvalue weighted by Gasteiger charge is -2.33. The van der Waals surface area contributed by atoms with Crippen molar-refractivity contribution in [3.05, 3.63) is 30.2 Å². The van der Waals surface area contributed by atoms with Crippen LogP contribution < -0.4 is 5.73 Å². The van der Waals surface area contributed by atoms with Crippen molar-refractivity contribution < 1.29 is 0 Å². The van der Waals surface area contributed by atoms with Gasteiger partial charge in [-0.3, -0.25) is 0 Å². The molecule has 0 aliphatic heterocycles. The van der Waals surface area contributed by atoms with Crippen LogP contribution in [0.4, 0.5) is 0 Å². The maximum Gasteiger partial charge on any atom is 0.154 e. The third kappa shape index (κ3) is 1.50. The molecular weight excluding hydrogens is 200 g/mol. The predicted molar refractivity (Wildman–Crippen MR) is 61.9 cm³/mol. The maximum absolute atomic E-state index is 6.46. The van der Waals surface area contributed by atoms with Crippen molar-refractivity contribution in [2.45, 2.75) is 37.6 Å². The molecule has 84 valence electrons. The van der Waals surface area contributed by atoms with Crippen LogP contribution in [0.1, 0.15) is 37.7 Å². The van der Waals surface area contributed by atoms with E-state index < -0.39 is 0 Å². The van der Waals surface area contributed by atoms with Crippen LogP contribution in [0, 0.1) is 0 Å². The Kier molecular flexibility index (Phi) is 2.17. The Morgan fingerprint density at radius 2 is 2.06 bits per heavy atom. The summed E-state index contributed by atoms with van der Waals surface area (Å²) in [5, 5.41) is 4.20. The van der Waals surface area contributed by atoms with E-state index in [9.17, 15) is 0 Å². The van der Waals surface area contributed by atoms with Gasteiger partial charge in [-0.1, -0.05) is 19.3 Å². The first-order valence-corrected chi connectivity index (χ1v) is 5.87. The minimum atomic E-state index is -0.189. The first-order valence-electron chi connectivity index (χ1n) is 5.87. The Balaban J connectivity index is 2.03. The van der Waals surface area contributed by atoms with Gasteiger partial charge in [-0.05, 0) is 12.8 Å². The molecule has 2 heterocycles. The molecule has 0 spiro atoms. The molecule has 0 unspecified atom stereocenters. The summed E-state index contributed by atoms with van der Waals surface area (Å²) in [7, 11) is 0. The molecule has 3 rings (SSSR count). The molecular formula is C12H16N4.